The zero-order chi connectivity index (χ0) is 13.3. The number of piperazine rings is 1. The molecule has 7 nitrogen and oxygen atoms in total. The first-order chi connectivity index (χ1) is 8.39. The molecule has 0 aromatic heterocycles. The first-order valence-corrected chi connectivity index (χ1v) is 7.77. The summed E-state index contributed by atoms with van der Waals surface area (Å²) in [6.45, 7) is 1.27. The third-order valence-electron chi connectivity index (χ3n) is 3.26. The van der Waals surface area contributed by atoms with Crippen LogP contribution in [-0.4, -0.2) is 67.9 Å². The standard InChI is InChI=1S/C10H17N3O4S/c1-18(16,17)13-5-2-3-8(13)10(15)12-6-4-11-9(14)7-12/h8H,2-7H2,1H3,(H,11,14)/t8-/m0/s1. The van der Waals surface area contributed by atoms with Crippen molar-refractivity contribution in [3.05, 3.63) is 0 Å². The molecule has 8 heteroatoms. The third-order valence-corrected chi connectivity index (χ3v) is 4.55. The quantitative estimate of drug-likeness (QED) is 0.655. The molecule has 2 aliphatic rings. The van der Waals surface area contributed by atoms with Crippen molar-refractivity contribution < 1.29 is 18.0 Å². The van der Waals surface area contributed by atoms with Crippen molar-refractivity contribution in [1.82, 2.24) is 14.5 Å². The van der Waals surface area contributed by atoms with Crippen LogP contribution in [0.2, 0.25) is 0 Å². The van der Waals surface area contributed by atoms with Gasteiger partial charge in [-0.05, 0) is 12.8 Å². The fraction of sp³-hybridized carbons (Fsp3) is 0.800. The lowest BCUT2D eigenvalue weighted by Crippen LogP contribution is -2.55. The van der Waals surface area contributed by atoms with Gasteiger partial charge < -0.3 is 10.2 Å². The highest BCUT2D eigenvalue weighted by atomic mass is 32.2. The minimum atomic E-state index is -3.36. The van der Waals surface area contributed by atoms with E-state index in [-0.39, 0.29) is 18.4 Å². The van der Waals surface area contributed by atoms with Crippen LogP contribution >= 0.6 is 0 Å². The number of nitrogens with zero attached hydrogens (tertiary/aromatic N) is 2. The van der Waals surface area contributed by atoms with Gasteiger partial charge in [0.05, 0.1) is 12.8 Å². The molecule has 0 aliphatic carbocycles. The molecule has 0 aromatic carbocycles. The van der Waals surface area contributed by atoms with E-state index in [1.165, 1.54) is 9.21 Å². The molecule has 2 saturated heterocycles. The molecule has 102 valence electrons. The third kappa shape index (κ3) is 2.64. The second-order valence-corrected chi connectivity index (χ2v) is 6.58. The normalized spacial score (nSPS) is 26.2. The maximum atomic E-state index is 12.2. The molecule has 0 bridgehead atoms. The Morgan fingerprint density at radius 2 is 2.11 bits per heavy atom. The molecule has 0 radical (unpaired) electrons. The summed E-state index contributed by atoms with van der Waals surface area (Å²) < 4.78 is 24.4. The Balaban J connectivity index is 2.10. The van der Waals surface area contributed by atoms with Crippen molar-refractivity contribution in [2.45, 2.75) is 18.9 Å². The van der Waals surface area contributed by atoms with E-state index in [1.807, 2.05) is 0 Å². The number of rotatable bonds is 2. The smallest absolute Gasteiger partial charge is 0.241 e. The summed E-state index contributed by atoms with van der Waals surface area (Å²) in [5.74, 6) is -0.453. The molecular formula is C10H17N3O4S. The van der Waals surface area contributed by atoms with Crippen LogP contribution in [0.5, 0.6) is 0 Å². The van der Waals surface area contributed by atoms with E-state index in [0.29, 0.717) is 32.5 Å². The van der Waals surface area contributed by atoms with Gasteiger partial charge in [0.1, 0.15) is 6.04 Å². The van der Waals surface area contributed by atoms with Gasteiger partial charge in [0.2, 0.25) is 21.8 Å². The number of carbonyl (C=O) groups excluding carboxylic acids is 2. The second kappa shape index (κ2) is 4.85. The molecule has 1 N–H and O–H groups in total. The fourth-order valence-electron chi connectivity index (χ4n) is 2.42. The van der Waals surface area contributed by atoms with Gasteiger partial charge in [0, 0.05) is 19.6 Å². The highest BCUT2D eigenvalue weighted by molar-refractivity contribution is 7.88. The lowest BCUT2D eigenvalue weighted by Gasteiger charge is -2.31. The Bertz CT molecular complexity index is 462. The summed E-state index contributed by atoms with van der Waals surface area (Å²) in [5, 5.41) is 2.63. The summed E-state index contributed by atoms with van der Waals surface area (Å²) in [5.41, 5.74) is 0. The summed E-state index contributed by atoms with van der Waals surface area (Å²) in [7, 11) is -3.36. The number of hydrogen-bond acceptors (Lipinski definition) is 4. The summed E-state index contributed by atoms with van der Waals surface area (Å²) in [6.07, 6.45) is 2.33. The first kappa shape index (κ1) is 13.3. The molecule has 0 saturated carbocycles. The van der Waals surface area contributed by atoms with Crippen molar-refractivity contribution in [1.29, 1.82) is 0 Å². The van der Waals surface area contributed by atoms with Gasteiger partial charge in [-0.3, -0.25) is 9.59 Å². The van der Waals surface area contributed by atoms with Gasteiger partial charge >= 0.3 is 0 Å². The molecule has 0 spiro atoms. The molecule has 0 aromatic rings. The summed E-state index contributed by atoms with van der Waals surface area (Å²) >= 11 is 0. The van der Waals surface area contributed by atoms with Crippen LogP contribution in [0.25, 0.3) is 0 Å². The zero-order valence-electron chi connectivity index (χ0n) is 10.3. The zero-order valence-corrected chi connectivity index (χ0v) is 11.1. The van der Waals surface area contributed by atoms with E-state index >= 15 is 0 Å². The summed E-state index contributed by atoms with van der Waals surface area (Å²) in [6, 6.07) is -0.633. The Labute approximate surface area is 106 Å². The van der Waals surface area contributed by atoms with E-state index in [9.17, 15) is 18.0 Å². The van der Waals surface area contributed by atoms with Crippen LogP contribution < -0.4 is 5.32 Å². The minimum absolute atomic E-state index is 0.0208. The average Bonchev–Trinajstić information content (AvgIpc) is 2.76. The number of nitrogens with one attached hydrogen (secondary N) is 1. The van der Waals surface area contributed by atoms with Crippen LogP contribution in [0.3, 0.4) is 0 Å². The van der Waals surface area contributed by atoms with E-state index in [0.717, 1.165) is 6.26 Å². The van der Waals surface area contributed by atoms with Crippen LogP contribution in [0.1, 0.15) is 12.8 Å². The number of hydrogen-bond donors (Lipinski definition) is 1. The van der Waals surface area contributed by atoms with Crippen LogP contribution in [0.4, 0.5) is 0 Å². The van der Waals surface area contributed by atoms with Crippen LogP contribution in [0, 0.1) is 0 Å². The highest BCUT2D eigenvalue weighted by Crippen LogP contribution is 2.22. The molecule has 18 heavy (non-hydrogen) atoms. The molecular weight excluding hydrogens is 258 g/mol. The monoisotopic (exact) mass is 275 g/mol. The average molecular weight is 275 g/mol. The number of sulfonamides is 1. The predicted molar refractivity (Wildman–Crippen MR) is 64.2 cm³/mol. The van der Waals surface area contributed by atoms with Gasteiger partial charge in [-0.25, -0.2) is 8.42 Å². The van der Waals surface area contributed by atoms with Gasteiger partial charge in [-0.1, -0.05) is 0 Å². The molecule has 0 unspecified atom stereocenters. The number of carbonyl (C=O) groups is 2. The molecule has 1 atom stereocenters. The topological polar surface area (TPSA) is 86.8 Å². The molecule has 2 rings (SSSR count). The SMILES string of the molecule is CS(=O)(=O)N1CCC[C@H]1C(=O)N1CCNC(=O)C1. The van der Waals surface area contributed by atoms with Gasteiger partial charge in [0.15, 0.2) is 0 Å². The van der Waals surface area contributed by atoms with Gasteiger partial charge in [0.25, 0.3) is 0 Å². The lowest BCUT2D eigenvalue weighted by molar-refractivity contribution is -0.140. The van der Waals surface area contributed by atoms with Gasteiger partial charge in [-0.2, -0.15) is 4.31 Å². The molecule has 2 aliphatic heterocycles. The first-order valence-electron chi connectivity index (χ1n) is 5.92. The van der Waals surface area contributed by atoms with E-state index in [2.05, 4.69) is 5.32 Å². The van der Waals surface area contributed by atoms with Crippen LogP contribution in [-0.2, 0) is 19.6 Å². The Kier molecular flexibility index (Phi) is 3.58. The van der Waals surface area contributed by atoms with Crippen molar-refractivity contribution in [3.63, 3.8) is 0 Å². The Hall–Kier alpha value is -1.15. The van der Waals surface area contributed by atoms with Crippen molar-refractivity contribution in [2.75, 3.05) is 32.4 Å². The lowest BCUT2D eigenvalue weighted by atomic mass is 10.2. The predicted octanol–water partition coefficient (Wildman–Crippen LogP) is -1.63. The Morgan fingerprint density at radius 1 is 1.39 bits per heavy atom. The summed E-state index contributed by atoms with van der Waals surface area (Å²) in [4.78, 5) is 24.9. The largest absolute Gasteiger partial charge is 0.353 e. The van der Waals surface area contributed by atoms with E-state index in [1.54, 1.807) is 0 Å². The highest BCUT2D eigenvalue weighted by Gasteiger charge is 2.39. The van der Waals surface area contributed by atoms with E-state index < -0.39 is 16.1 Å². The van der Waals surface area contributed by atoms with Crippen molar-refractivity contribution in [3.8, 4) is 0 Å². The van der Waals surface area contributed by atoms with Gasteiger partial charge in [-0.15, -0.1) is 0 Å². The fourth-order valence-corrected chi connectivity index (χ4v) is 3.54. The molecule has 2 heterocycles. The van der Waals surface area contributed by atoms with E-state index in [4.69, 9.17) is 0 Å². The maximum Gasteiger partial charge on any atom is 0.241 e. The molecule has 2 fully saturated rings. The Morgan fingerprint density at radius 3 is 2.72 bits per heavy atom. The minimum Gasteiger partial charge on any atom is -0.353 e. The van der Waals surface area contributed by atoms with Crippen molar-refractivity contribution >= 4 is 21.8 Å². The molecule has 2 amide bonds. The maximum absolute atomic E-state index is 12.2. The van der Waals surface area contributed by atoms with Crippen LogP contribution in [0.15, 0.2) is 0 Å². The second-order valence-electron chi connectivity index (χ2n) is 4.64. The number of amides is 2. The van der Waals surface area contributed by atoms with Crippen molar-refractivity contribution in [2.24, 2.45) is 0 Å².